The zero-order valence-corrected chi connectivity index (χ0v) is 31.1. The molecule has 2 aromatic carbocycles. The van der Waals surface area contributed by atoms with E-state index >= 15 is 0 Å². The van der Waals surface area contributed by atoms with Gasteiger partial charge in [0, 0.05) is 67.0 Å². The number of halogens is 1. The fraction of sp³-hybridized carbons (Fsp3) is 0.400. The number of ether oxygens (including phenoxy) is 2. The number of anilines is 3. The lowest BCUT2D eigenvalue weighted by Crippen LogP contribution is -2.47. The summed E-state index contributed by atoms with van der Waals surface area (Å²) in [6.45, 7) is 17.1. The van der Waals surface area contributed by atoms with Gasteiger partial charge < -0.3 is 36.3 Å². The highest BCUT2D eigenvalue weighted by Gasteiger charge is 2.28. The topological polar surface area (TPSA) is 160 Å². The third kappa shape index (κ3) is 9.56. The van der Waals surface area contributed by atoms with Gasteiger partial charge in [-0.1, -0.05) is 57.3 Å². The lowest BCUT2D eigenvalue weighted by molar-refractivity contribution is 0.00347. The van der Waals surface area contributed by atoms with E-state index in [4.69, 9.17) is 30.2 Å². The van der Waals surface area contributed by atoms with Gasteiger partial charge in [-0.3, -0.25) is 9.88 Å². The number of hydrogen-bond acceptors (Lipinski definition) is 12. The van der Waals surface area contributed by atoms with Crippen LogP contribution < -0.4 is 21.7 Å². The Kier molecular flexibility index (Phi) is 13.2. The number of nitrogens with zero attached hydrogens (tertiary/aromatic N) is 6. The number of aliphatic hydroxyl groups excluding tert-OH is 1. The van der Waals surface area contributed by atoms with Crippen LogP contribution in [0.2, 0.25) is 0 Å². The van der Waals surface area contributed by atoms with Gasteiger partial charge in [-0.05, 0) is 48.0 Å². The Balaban J connectivity index is 1.15. The van der Waals surface area contributed by atoms with E-state index in [1.54, 1.807) is 10.7 Å². The van der Waals surface area contributed by atoms with Crippen LogP contribution in [0.4, 0.5) is 22.0 Å². The number of allylic oxidation sites excluding steroid dienone is 1. The minimum atomic E-state index is -0.610. The van der Waals surface area contributed by atoms with Gasteiger partial charge in [0.25, 0.3) is 0 Å². The molecule has 13 nitrogen and oxygen atoms in total. The van der Waals surface area contributed by atoms with Crippen LogP contribution in [0.1, 0.15) is 37.3 Å². The van der Waals surface area contributed by atoms with Crippen LogP contribution in [0.5, 0.6) is 0 Å². The lowest BCUT2D eigenvalue weighted by Gasteiger charge is -2.35. The monoisotopic (exact) mass is 738 g/mol. The molecule has 0 bridgehead atoms. The molecule has 1 saturated heterocycles. The highest BCUT2D eigenvalue weighted by Crippen LogP contribution is 2.32. The quantitative estimate of drug-likeness (QED) is 0.0531. The van der Waals surface area contributed by atoms with Gasteiger partial charge >= 0.3 is 0 Å². The molecule has 1 aliphatic rings. The first-order chi connectivity index (χ1) is 26.2. The van der Waals surface area contributed by atoms with Crippen molar-refractivity contribution in [1.82, 2.24) is 29.5 Å². The normalized spacial score (nSPS) is 16.3. The summed E-state index contributed by atoms with van der Waals surface area (Å²) in [5.41, 5.74) is 10.8. The van der Waals surface area contributed by atoms with E-state index in [0.717, 1.165) is 58.3 Å². The van der Waals surface area contributed by atoms with E-state index in [1.165, 1.54) is 0 Å². The minimum Gasteiger partial charge on any atom is -0.391 e. The van der Waals surface area contributed by atoms with Gasteiger partial charge in [0.2, 0.25) is 11.9 Å². The molecule has 4 heterocycles. The summed E-state index contributed by atoms with van der Waals surface area (Å²) in [5.74, 6) is 0.658. The fourth-order valence-electron chi connectivity index (χ4n) is 6.60. The van der Waals surface area contributed by atoms with Gasteiger partial charge in [0.15, 0.2) is 5.65 Å². The molecule has 0 spiro atoms. The first-order valence-electron chi connectivity index (χ1n) is 18.5. The van der Waals surface area contributed by atoms with Crippen molar-refractivity contribution in [2.24, 2.45) is 11.7 Å². The van der Waals surface area contributed by atoms with Crippen molar-refractivity contribution >= 4 is 34.0 Å². The Morgan fingerprint density at radius 2 is 1.87 bits per heavy atom. The number of likely N-dealkylation sites (tertiary alicyclic amines) is 1. The number of β-amino-alcohol motifs (C(OH)–C–C–N with tert-alkyl or cyclic N) is 1. The average Bonchev–Trinajstić information content (AvgIpc) is 3.61. The molecule has 1 unspecified atom stereocenters. The number of nitrogens with two attached hydrogens (primary N) is 1. The summed E-state index contributed by atoms with van der Waals surface area (Å²) in [6, 6.07) is 15.8. The number of aromatic nitrogens is 5. The minimum absolute atomic E-state index is 0.0476. The highest BCUT2D eigenvalue weighted by molar-refractivity contribution is 5.97. The van der Waals surface area contributed by atoms with Gasteiger partial charge in [-0.15, -0.1) is 0 Å². The van der Waals surface area contributed by atoms with Gasteiger partial charge in [0.1, 0.15) is 5.83 Å². The Morgan fingerprint density at radius 1 is 1.06 bits per heavy atom. The molecule has 3 aromatic heterocycles. The number of piperidine rings is 1. The number of rotatable bonds is 19. The highest BCUT2D eigenvalue weighted by atomic mass is 19.1. The Labute approximate surface area is 315 Å². The largest absolute Gasteiger partial charge is 0.391 e. The summed E-state index contributed by atoms with van der Waals surface area (Å²) in [7, 11) is 0. The second-order valence-corrected chi connectivity index (χ2v) is 13.8. The number of fused-ring (bicyclic) bond motifs is 2. The molecule has 54 heavy (non-hydrogen) atoms. The number of hydrogen-bond donors (Lipinski definition) is 5. The zero-order valence-electron chi connectivity index (χ0n) is 31.1. The van der Waals surface area contributed by atoms with Crippen molar-refractivity contribution < 1.29 is 19.0 Å². The molecule has 0 saturated carbocycles. The first kappa shape index (κ1) is 38.7. The number of pyridine rings is 1. The third-order valence-corrected chi connectivity index (χ3v) is 9.63. The van der Waals surface area contributed by atoms with Crippen LogP contribution in [0.25, 0.3) is 27.7 Å². The van der Waals surface area contributed by atoms with Crippen molar-refractivity contribution in [3.63, 3.8) is 0 Å². The molecule has 0 aliphatic carbocycles. The Morgan fingerprint density at radius 3 is 2.65 bits per heavy atom. The van der Waals surface area contributed by atoms with Gasteiger partial charge in [-0.2, -0.15) is 19.6 Å². The van der Waals surface area contributed by atoms with Crippen molar-refractivity contribution in [3.8, 4) is 11.3 Å². The predicted octanol–water partition coefficient (Wildman–Crippen LogP) is 5.57. The molecule has 6 rings (SSSR count). The van der Waals surface area contributed by atoms with Crippen molar-refractivity contribution in [2.45, 2.75) is 38.8 Å². The standard InChI is InChI=1S/C40H51FN10O3/c1-26(2)35-24-46-51-38(35)48-39(44-23-31-12-15-50(25-36(31)52)16-18-54-20-19-53-17-13-42)49-40(51)45-22-30-7-5-6-8-33(30)37-34-10-9-32(47-28(4)27(3)41)21-29(34)11-14-43-37/h5-11,14,21,24,26,31,36,47,52H,3-4,12-13,15-20,22-23,25,42H2,1-2H3,(H2,44,45,48,49)/t31?,36-/m0/s1. The summed E-state index contributed by atoms with van der Waals surface area (Å²) < 4.78 is 26.3. The van der Waals surface area contributed by atoms with Crippen molar-refractivity contribution in [3.05, 3.63) is 96.7 Å². The number of nitrogens with one attached hydrogen (secondary N) is 3. The van der Waals surface area contributed by atoms with E-state index in [2.05, 4.69) is 65.1 Å². The number of aliphatic hydroxyl groups is 1. The summed E-state index contributed by atoms with van der Waals surface area (Å²) in [4.78, 5) is 16.8. The van der Waals surface area contributed by atoms with Crippen LogP contribution >= 0.6 is 0 Å². The van der Waals surface area contributed by atoms with E-state index in [-0.39, 0.29) is 17.5 Å². The van der Waals surface area contributed by atoms with Crippen LogP contribution in [-0.2, 0) is 16.0 Å². The molecule has 1 fully saturated rings. The summed E-state index contributed by atoms with van der Waals surface area (Å²) >= 11 is 0. The van der Waals surface area contributed by atoms with Crippen LogP contribution in [0.15, 0.2) is 85.6 Å². The molecule has 1 aliphatic heterocycles. The van der Waals surface area contributed by atoms with E-state index in [9.17, 15) is 9.50 Å². The summed E-state index contributed by atoms with van der Waals surface area (Å²) in [6.07, 6.45) is 3.97. The first-order valence-corrected chi connectivity index (χ1v) is 18.5. The molecule has 2 atom stereocenters. The second kappa shape index (κ2) is 18.4. The van der Waals surface area contributed by atoms with Gasteiger partial charge in [0.05, 0.1) is 50.1 Å². The smallest absolute Gasteiger partial charge is 0.229 e. The maximum atomic E-state index is 13.6. The zero-order chi connectivity index (χ0) is 38.0. The van der Waals surface area contributed by atoms with Crippen LogP contribution in [0, 0.1) is 5.92 Å². The molecule has 286 valence electrons. The molecule has 14 heteroatoms. The predicted molar refractivity (Wildman–Crippen MR) is 212 cm³/mol. The maximum absolute atomic E-state index is 13.6. The summed E-state index contributed by atoms with van der Waals surface area (Å²) in [5, 5.41) is 27.5. The van der Waals surface area contributed by atoms with Gasteiger partial charge in [-0.25, -0.2) is 4.39 Å². The van der Waals surface area contributed by atoms with Crippen LogP contribution in [0.3, 0.4) is 0 Å². The molecular weight excluding hydrogens is 688 g/mol. The molecule has 5 aromatic rings. The molecular formula is C40H51FN10O3. The molecule has 6 N–H and O–H groups in total. The third-order valence-electron chi connectivity index (χ3n) is 9.63. The van der Waals surface area contributed by atoms with Crippen LogP contribution in [-0.4, -0.2) is 99.8 Å². The lowest BCUT2D eigenvalue weighted by atomic mass is 9.94. The maximum Gasteiger partial charge on any atom is 0.229 e. The van der Waals surface area contributed by atoms with Crippen molar-refractivity contribution in [1.29, 1.82) is 0 Å². The SMILES string of the molecule is C=C(F)C(=C)Nc1ccc2c(-c3ccccc3CNc3nc(NCC4CCN(CCOCCOCCN)C[C@@H]4O)nc4c(C(C)C)cnn34)nccc2c1. The Hall–Kier alpha value is -4.99. The van der Waals surface area contributed by atoms with E-state index < -0.39 is 11.9 Å². The van der Waals surface area contributed by atoms with E-state index in [1.807, 2.05) is 42.6 Å². The van der Waals surface area contributed by atoms with Crippen molar-refractivity contribution in [2.75, 3.05) is 75.1 Å². The fourth-order valence-corrected chi connectivity index (χ4v) is 6.60. The molecule has 0 amide bonds. The Bertz CT molecular complexity index is 2050. The average molecular weight is 739 g/mol. The second-order valence-electron chi connectivity index (χ2n) is 13.8. The van der Waals surface area contributed by atoms with E-state index in [0.29, 0.717) is 70.2 Å². The number of benzene rings is 2. The molecule has 0 radical (unpaired) electrons.